The van der Waals surface area contributed by atoms with Gasteiger partial charge in [-0.1, -0.05) is 34.5 Å². The number of halogens is 2. The van der Waals surface area contributed by atoms with Gasteiger partial charge in [0.15, 0.2) is 3.95 Å². The van der Waals surface area contributed by atoms with Crippen molar-refractivity contribution in [2.45, 2.75) is 0 Å². The molecule has 0 fully saturated rings. The van der Waals surface area contributed by atoms with Gasteiger partial charge in [-0.2, -0.15) is 8.75 Å². The van der Waals surface area contributed by atoms with Gasteiger partial charge in [0, 0.05) is 0 Å². The molecule has 0 saturated carbocycles. The molecule has 0 aliphatic carbocycles. The minimum atomic E-state index is 0.460. The zero-order chi connectivity index (χ0) is 12.7. The van der Waals surface area contributed by atoms with Crippen LogP contribution in [0.4, 0.5) is 10.8 Å². The SMILES string of the molecule is S=c1[nH]nc(Nc2c(Cl)cc(Cl)c3nsnc23)s1. The summed E-state index contributed by atoms with van der Waals surface area (Å²) in [5, 5.41) is 11.3. The first-order chi connectivity index (χ1) is 8.65. The maximum atomic E-state index is 6.15. The number of nitrogens with one attached hydrogen (secondary N) is 2. The minimum absolute atomic E-state index is 0.460. The van der Waals surface area contributed by atoms with Gasteiger partial charge >= 0.3 is 0 Å². The van der Waals surface area contributed by atoms with Crippen LogP contribution in [0.3, 0.4) is 0 Å². The van der Waals surface area contributed by atoms with Gasteiger partial charge in [0.05, 0.1) is 27.5 Å². The molecule has 0 amide bonds. The Morgan fingerprint density at radius 3 is 2.72 bits per heavy atom. The van der Waals surface area contributed by atoms with Gasteiger partial charge in [0.1, 0.15) is 11.0 Å². The van der Waals surface area contributed by atoms with E-state index in [1.807, 2.05) is 0 Å². The molecule has 5 nitrogen and oxygen atoms in total. The Kier molecular flexibility index (Phi) is 3.20. The van der Waals surface area contributed by atoms with E-state index in [9.17, 15) is 0 Å². The molecule has 0 spiro atoms. The number of nitrogens with zero attached hydrogens (tertiary/aromatic N) is 3. The fourth-order valence-electron chi connectivity index (χ4n) is 1.38. The molecule has 0 aliphatic rings. The first-order valence-electron chi connectivity index (χ1n) is 4.58. The van der Waals surface area contributed by atoms with Crippen molar-refractivity contribution in [3.05, 3.63) is 20.1 Å². The molecule has 10 heteroatoms. The molecular formula is C8H3Cl2N5S3. The molecule has 0 unspecified atom stereocenters. The third-order valence-electron chi connectivity index (χ3n) is 2.11. The van der Waals surface area contributed by atoms with Crippen molar-refractivity contribution in [2.75, 3.05) is 5.32 Å². The molecule has 3 aromatic rings. The van der Waals surface area contributed by atoms with E-state index in [0.717, 1.165) is 11.7 Å². The lowest BCUT2D eigenvalue weighted by molar-refractivity contribution is 1.08. The van der Waals surface area contributed by atoms with Gasteiger partial charge in [0.25, 0.3) is 0 Å². The van der Waals surface area contributed by atoms with Crippen molar-refractivity contribution >= 4 is 80.3 Å². The monoisotopic (exact) mass is 335 g/mol. The molecule has 2 N–H and O–H groups in total. The first-order valence-corrected chi connectivity index (χ1v) is 7.29. The van der Waals surface area contributed by atoms with Gasteiger partial charge in [-0.05, 0) is 18.3 Å². The van der Waals surface area contributed by atoms with Crippen LogP contribution < -0.4 is 5.32 Å². The average Bonchev–Trinajstić information content (AvgIpc) is 2.93. The molecular weight excluding hydrogens is 333 g/mol. The lowest BCUT2D eigenvalue weighted by atomic mass is 10.2. The number of rotatable bonds is 2. The van der Waals surface area contributed by atoms with Crippen molar-refractivity contribution in [2.24, 2.45) is 0 Å². The highest BCUT2D eigenvalue weighted by Gasteiger charge is 2.15. The third kappa shape index (κ3) is 2.10. The number of fused-ring (bicyclic) bond motifs is 1. The van der Waals surface area contributed by atoms with E-state index in [-0.39, 0.29) is 0 Å². The van der Waals surface area contributed by atoms with E-state index < -0.39 is 0 Å². The Labute approximate surface area is 124 Å². The van der Waals surface area contributed by atoms with E-state index in [1.54, 1.807) is 6.07 Å². The standard InChI is InChI=1S/C8H3Cl2N5S3/c9-2-1-3(10)5-6(15-18-14-5)4(2)11-7-12-13-8(16)17-7/h1H,(H,11,12)(H,13,16). The van der Waals surface area contributed by atoms with Gasteiger partial charge in [0.2, 0.25) is 5.13 Å². The number of aromatic amines is 1. The fraction of sp³-hybridized carbons (Fsp3) is 0. The van der Waals surface area contributed by atoms with Gasteiger partial charge in [-0.3, -0.25) is 5.10 Å². The Morgan fingerprint density at radius 1 is 1.22 bits per heavy atom. The van der Waals surface area contributed by atoms with Crippen LogP contribution in [0, 0.1) is 3.95 Å². The fourth-order valence-corrected chi connectivity index (χ4v) is 3.34. The normalized spacial score (nSPS) is 11.0. The van der Waals surface area contributed by atoms with E-state index in [0.29, 0.717) is 35.9 Å². The summed E-state index contributed by atoms with van der Waals surface area (Å²) in [6, 6.07) is 1.63. The third-order valence-corrected chi connectivity index (χ3v) is 4.23. The summed E-state index contributed by atoms with van der Waals surface area (Å²) < 4.78 is 8.88. The Balaban J connectivity index is 2.16. The van der Waals surface area contributed by atoms with Crippen LogP contribution in [0.15, 0.2) is 6.07 Å². The summed E-state index contributed by atoms with van der Waals surface area (Å²) in [5.41, 5.74) is 1.87. The predicted octanol–water partition coefficient (Wildman–Crippen LogP) is 4.26. The van der Waals surface area contributed by atoms with Crippen LogP contribution in [0.25, 0.3) is 11.0 Å². The summed E-state index contributed by atoms with van der Waals surface area (Å²) in [6.07, 6.45) is 0. The molecule has 2 heterocycles. The van der Waals surface area contributed by atoms with Crippen molar-refractivity contribution in [1.82, 2.24) is 18.9 Å². The smallest absolute Gasteiger partial charge is 0.208 e. The predicted molar refractivity (Wildman–Crippen MR) is 78.0 cm³/mol. The maximum Gasteiger partial charge on any atom is 0.208 e. The highest BCUT2D eigenvalue weighted by Crippen LogP contribution is 2.37. The quantitative estimate of drug-likeness (QED) is 0.685. The molecule has 0 radical (unpaired) electrons. The van der Waals surface area contributed by atoms with Crippen LogP contribution in [-0.2, 0) is 0 Å². The van der Waals surface area contributed by atoms with Crippen LogP contribution in [0.5, 0.6) is 0 Å². The number of H-pyrrole nitrogens is 1. The lowest BCUT2D eigenvalue weighted by Gasteiger charge is -2.05. The van der Waals surface area contributed by atoms with E-state index in [4.69, 9.17) is 35.4 Å². The number of hydrogen-bond acceptors (Lipinski definition) is 7. The Bertz CT molecular complexity index is 776. The second kappa shape index (κ2) is 4.71. The van der Waals surface area contributed by atoms with Gasteiger partial charge in [-0.15, -0.1) is 5.10 Å². The molecule has 0 atom stereocenters. The summed E-state index contributed by atoms with van der Waals surface area (Å²) in [7, 11) is 0. The Morgan fingerprint density at radius 2 is 2.00 bits per heavy atom. The van der Waals surface area contributed by atoms with Crippen molar-refractivity contribution in [3.8, 4) is 0 Å². The summed E-state index contributed by atoms with van der Waals surface area (Å²) in [4.78, 5) is 0. The van der Waals surface area contributed by atoms with E-state index >= 15 is 0 Å². The molecule has 92 valence electrons. The van der Waals surface area contributed by atoms with Gasteiger partial charge < -0.3 is 5.32 Å². The molecule has 0 saturated heterocycles. The summed E-state index contributed by atoms with van der Waals surface area (Å²) >= 11 is 19.5. The first kappa shape index (κ1) is 12.2. The largest absolute Gasteiger partial charge is 0.327 e. The topological polar surface area (TPSA) is 66.5 Å². The molecule has 0 bridgehead atoms. The number of anilines is 2. The second-order valence-electron chi connectivity index (χ2n) is 3.22. The molecule has 1 aromatic carbocycles. The average molecular weight is 336 g/mol. The van der Waals surface area contributed by atoms with Crippen LogP contribution >= 0.6 is 58.5 Å². The highest BCUT2D eigenvalue weighted by atomic mass is 35.5. The van der Waals surface area contributed by atoms with Gasteiger partial charge in [-0.25, -0.2) is 0 Å². The second-order valence-corrected chi connectivity index (χ2v) is 6.23. The number of benzene rings is 1. The highest BCUT2D eigenvalue weighted by molar-refractivity contribution is 7.73. The minimum Gasteiger partial charge on any atom is -0.327 e. The molecule has 0 aliphatic heterocycles. The maximum absolute atomic E-state index is 6.15. The Hall–Kier alpha value is -0.800. The zero-order valence-electron chi connectivity index (χ0n) is 8.40. The van der Waals surface area contributed by atoms with E-state index in [2.05, 4.69) is 24.3 Å². The van der Waals surface area contributed by atoms with Crippen molar-refractivity contribution < 1.29 is 0 Å². The zero-order valence-corrected chi connectivity index (χ0v) is 12.4. The molecule has 2 aromatic heterocycles. The van der Waals surface area contributed by atoms with Crippen LogP contribution in [0.2, 0.25) is 10.0 Å². The van der Waals surface area contributed by atoms with Crippen molar-refractivity contribution in [3.63, 3.8) is 0 Å². The molecule has 3 rings (SSSR count). The molecule has 18 heavy (non-hydrogen) atoms. The van der Waals surface area contributed by atoms with Crippen LogP contribution in [-0.4, -0.2) is 18.9 Å². The number of aromatic nitrogens is 4. The summed E-state index contributed by atoms with van der Waals surface area (Å²) in [6.45, 7) is 0. The van der Waals surface area contributed by atoms with Crippen LogP contribution in [0.1, 0.15) is 0 Å². The van der Waals surface area contributed by atoms with E-state index in [1.165, 1.54) is 11.3 Å². The summed E-state index contributed by atoms with van der Waals surface area (Å²) in [5.74, 6) is 0. The van der Waals surface area contributed by atoms with Crippen molar-refractivity contribution in [1.29, 1.82) is 0 Å². The number of hydrogen-bond donors (Lipinski definition) is 2. The lowest BCUT2D eigenvalue weighted by Crippen LogP contribution is -1.92.